The van der Waals surface area contributed by atoms with E-state index in [9.17, 15) is 0 Å². The highest BCUT2D eigenvalue weighted by Gasteiger charge is 2.01. The van der Waals surface area contributed by atoms with Crippen LogP contribution >= 0.6 is 0 Å². The number of aryl methyl sites for hydroxylation is 1. The fourth-order valence-corrected chi connectivity index (χ4v) is 4.98. The van der Waals surface area contributed by atoms with Crippen molar-refractivity contribution in [2.45, 2.75) is 153 Å². The maximum atomic E-state index is 3.78. The van der Waals surface area contributed by atoms with Crippen LogP contribution in [0, 0.1) is 6.92 Å². The summed E-state index contributed by atoms with van der Waals surface area (Å²) in [5.41, 5.74) is 16.8. The van der Waals surface area contributed by atoms with Gasteiger partial charge < -0.3 is 29.4 Å². The summed E-state index contributed by atoms with van der Waals surface area (Å²) >= 11 is 0. The van der Waals surface area contributed by atoms with Crippen LogP contribution in [-0.2, 0) is 0 Å². The number of benzene rings is 5. The fraction of sp³-hybridized carbons (Fsp3) is 0.449. The van der Waals surface area contributed by atoms with Crippen molar-refractivity contribution in [1.82, 2.24) is 9.88 Å². The molecule has 0 unspecified atom stereocenters. The lowest BCUT2D eigenvalue weighted by Crippen LogP contribution is -2.10. The van der Waals surface area contributed by atoms with Crippen molar-refractivity contribution in [2.24, 2.45) is 0 Å². The Morgan fingerprint density at radius 3 is 0.671 bits per heavy atom. The first-order valence-electron chi connectivity index (χ1n) is 29.9. The predicted molar refractivity (Wildman–Crippen MR) is 405 cm³/mol. The van der Waals surface area contributed by atoms with E-state index in [2.05, 4.69) is 266 Å². The molecule has 85 heavy (non-hydrogen) atoms. The van der Waals surface area contributed by atoms with Gasteiger partial charge in [0.2, 0.25) is 0 Å². The first-order valence-corrected chi connectivity index (χ1v) is 29.9. The number of hydrogen-bond acceptors (Lipinski definition) is 7. The summed E-state index contributed by atoms with van der Waals surface area (Å²) in [7, 11) is 26.5. The summed E-state index contributed by atoms with van der Waals surface area (Å²) < 4.78 is 0. The van der Waals surface area contributed by atoms with E-state index in [0.29, 0.717) is 0 Å². The van der Waals surface area contributed by atoms with Crippen molar-refractivity contribution in [2.75, 3.05) is 116 Å². The average molecular weight is 1170 g/mol. The van der Waals surface area contributed by atoms with Crippen LogP contribution in [0.3, 0.4) is 0 Å². The highest BCUT2D eigenvalue weighted by molar-refractivity contribution is 5.68. The topological polar surface area (TPSA) is 32.3 Å². The Morgan fingerprint density at radius 2 is 0.506 bits per heavy atom. The standard InChI is InChI=1S/C16H20N2.C10H16N2.C10H12.C9H13N.C5H5N.3C5H10.C3H9N.4C2H6.2CH4/c1-17(2)15-9-5-13(6-10-15)14-7-11-16(12-8-14)18(3)4;1-11(2)9-5-7-10(8-6-9)12(3)4;1-3-9(2)10-7-5-4-6-8-10;1-8-4-6-9(7-5-8)10(2)3;1-2-4-6-5-3-1;3*1-4-5(2)3;1-4(2)3;4*1-2;;/h5-12H,1-4H3;5-8H,1-4H3;3-8H,1-2H3;4-7H,1-3H3;1-5H;3*4H,1-3H3;1-3H3;4*1-2H3;2*1H4/b;;9-3+;;;;;;;;;;;;. The number of anilines is 5. The molecule has 0 bridgehead atoms. The Labute approximate surface area is 532 Å². The Morgan fingerprint density at radius 1 is 0.306 bits per heavy atom. The molecule has 0 aliphatic rings. The van der Waals surface area contributed by atoms with Gasteiger partial charge in [-0.15, -0.1) is 0 Å². The number of pyridine rings is 1. The SMILES string of the molecule is C.C.C/C=C(\C)c1ccccc1.CC.CC.CC.CC.CC=C(C)C.CC=C(C)C.CC=C(C)C.CN(C)C.CN(C)c1ccc(-c2ccc(N(C)C)cc2)cc1.CN(C)c1ccc(N(C)C)cc1.Cc1ccc(N(C)C)cc1.c1ccncc1. The van der Waals surface area contributed by atoms with Gasteiger partial charge in [0, 0.05) is 111 Å². The third-order valence-corrected chi connectivity index (χ3v) is 10.5. The van der Waals surface area contributed by atoms with Gasteiger partial charge in [0.05, 0.1) is 0 Å². The summed E-state index contributed by atoms with van der Waals surface area (Å²) in [6, 6.07) is 50.3. The summed E-state index contributed by atoms with van der Waals surface area (Å²) in [6.07, 6.45) is 11.9. The molecule has 0 aliphatic heterocycles. The molecule has 7 heteroatoms. The molecule has 0 atom stereocenters. The van der Waals surface area contributed by atoms with Crippen LogP contribution in [0.2, 0.25) is 0 Å². The molecule has 5 aromatic carbocycles. The van der Waals surface area contributed by atoms with Crippen LogP contribution in [0.25, 0.3) is 16.7 Å². The zero-order valence-electron chi connectivity index (χ0n) is 60.0. The molecule has 0 amide bonds. The van der Waals surface area contributed by atoms with Crippen molar-refractivity contribution in [3.05, 3.63) is 210 Å². The molecule has 7 nitrogen and oxygen atoms in total. The predicted octanol–water partition coefficient (Wildman–Crippen LogP) is 23.0. The zero-order valence-corrected chi connectivity index (χ0v) is 60.0. The molecular formula is C78H137N7. The van der Waals surface area contributed by atoms with Gasteiger partial charge in [-0.1, -0.05) is 190 Å². The minimum absolute atomic E-state index is 0. The highest BCUT2D eigenvalue weighted by atomic mass is 15.1. The van der Waals surface area contributed by atoms with E-state index in [0.717, 1.165) is 0 Å². The zero-order chi connectivity index (χ0) is 65.9. The van der Waals surface area contributed by atoms with Gasteiger partial charge in [-0.2, -0.15) is 0 Å². The molecular weight excluding hydrogens is 1030 g/mol. The smallest absolute Gasteiger partial charge is 0.0362 e. The summed E-state index contributed by atoms with van der Waals surface area (Å²) in [6.45, 7) is 40.9. The van der Waals surface area contributed by atoms with Crippen LogP contribution in [0.15, 0.2) is 199 Å². The lowest BCUT2D eigenvalue weighted by molar-refractivity contribution is 0.505. The second-order valence-electron chi connectivity index (χ2n) is 19.7. The molecule has 0 fully saturated rings. The number of hydrogen-bond donors (Lipinski definition) is 0. The Bertz CT molecular complexity index is 2200. The third kappa shape index (κ3) is 63.0. The van der Waals surface area contributed by atoms with Gasteiger partial charge in [0.15, 0.2) is 0 Å². The monoisotopic (exact) mass is 1170 g/mol. The van der Waals surface area contributed by atoms with Crippen LogP contribution in [0.5, 0.6) is 0 Å². The second-order valence-corrected chi connectivity index (χ2v) is 19.7. The third-order valence-electron chi connectivity index (χ3n) is 10.5. The fourth-order valence-electron chi connectivity index (χ4n) is 4.98. The van der Waals surface area contributed by atoms with Crippen molar-refractivity contribution in [3.63, 3.8) is 0 Å². The van der Waals surface area contributed by atoms with E-state index < -0.39 is 0 Å². The molecule has 0 aliphatic carbocycles. The molecule has 0 saturated carbocycles. The highest BCUT2D eigenvalue weighted by Crippen LogP contribution is 2.25. The molecule has 6 aromatic rings. The quantitative estimate of drug-likeness (QED) is 0.147. The molecule has 0 spiro atoms. The average Bonchev–Trinajstić information content (AvgIpc) is 3.56. The summed E-state index contributed by atoms with van der Waals surface area (Å²) in [5.74, 6) is 0. The van der Waals surface area contributed by atoms with Crippen molar-refractivity contribution in [1.29, 1.82) is 0 Å². The van der Waals surface area contributed by atoms with Gasteiger partial charge in [0.25, 0.3) is 0 Å². The number of nitrogens with zero attached hydrogens (tertiary/aromatic N) is 7. The van der Waals surface area contributed by atoms with Crippen LogP contribution < -0.4 is 24.5 Å². The van der Waals surface area contributed by atoms with Gasteiger partial charge in [-0.05, 0) is 199 Å². The minimum Gasteiger partial charge on any atom is -0.378 e. The van der Waals surface area contributed by atoms with E-state index in [4.69, 9.17) is 0 Å². The van der Waals surface area contributed by atoms with E-state index in [1.54, 1.807) is 12.4 Å². The first-order chi connectivity index (χ1) is 39.3. The van der Waals surface area contributed by atoms with Gasteiger partial charge in [0.1, 0.15) is 0 Å². The Balaban J connectivity index is -0.000000111. The van der Waals surface area contributed by atoms with Gasteiger partial charge >= 0.3 is 0 Å². The Hall–Kier alpha value is -6.83. The van der Waals surface area contributed by atoms with Gasteiger partial charge in [-0.3, -0.25) is 4.98 Å². The van der Waals surface area contributed by atoms with Crippen molar-refractivity contribution < 1.29 is 0 Å². The molecule has 0 saturated heterocycles. The molecule has 484 valence electrons. The maximum absolute atomic E-state index is 3.78. The maximum Gasteiger partial charge on any atom is 0.0362 e. The number of allylic oxidation sites excluding steroid dienone is 8. The molecule has 1 heterocycles. The lowest BCUT2D eigenvalue weighted by atomic mass is 10.0. The summed E-state index contributed by atoms with van der Waals surface area (Å²) in [4.78, 5) is 16.3. The molecule has 0 radical (unpaired) electrons. The second kappa shape index (κ2) is 68.0. The number of rotatable bonds is 7. The summed E-state index contributed by atoms with van der Waals surface area (Å²) in [5, 5.41) is 0. The van der Waals surface area contributed by atoms with E-state index in [1.165, 1.54) is 73.0 Å². The lowest BCUT2D eigenvalue weighted by Gasteiger charge is -2.16. The normalized spacial score (nSPS) is 8.52. The van der Waals surface area contributed by atoms with Crippen molar-refractivity contribution >= 4 is 34.0 Å². The largest absolute Gasteiger partial charge is 0.378 e. The number of aromatic nitrogens is 1. The first kappa shape index (κ1) is 97.3. The van der Waals surface area contributed by atoms with E-state index >= 15 is 0 Å². The van der Waals surface area contributed by atoms with E-state index in [1.807, 2.05) is 169 Å². The van der Waals surface area contributed by atoms with Crippen molar-refractivity contribution in [3.8, 4) is 11.1 Å². The molecule has 6 rings (SSSR count). The van der Waals surface area contributed by atoms with Gasteiger partial charge in [-0.25, -0.2) is 0 Å². The van der Waals surface area contributed by atoms with E-state index in [-0.39, 0.29) is 14.9 Å². The van der Waals surface area contributed by atoms with Crippen LogP contribution in [-0.4, -0.2) is 102 Å². The minimum atomic E-state index is 0. The molecule has 0 N–H and O–H groups in total. The van der Waals surface area contributed by atoms with Crippen LogP contribution in [0.4, 0.5) is 28.4 Å². The van der Waals surface area contributed by atoms with Crippen LogP contribution in [0.1, 0.15) is 158 Å². The molecule has 1 aromatic heterocycles. The Kier molecular flexibility index (Phi) is 77.8.